The molecule has 0 radical (unpaired) electrons. The monoisotopic (exact) mass is 276 g/mol. The van der Waals surface area contributed by atoms with Crippen molar-refractivity contribution in [3.05, 3.63) is 24.2 Å². The summed E-state index contributed by atoms with van der Waals surface area (Å²) in [4.78, 5) is 16.8. The predicted molar refractivity (Wildman–Crippen MR) is 77.4 cm³/mol. The summed E-state index contributed by atoms with van der Waals surface area (Å²) >= 11 is 0. The number of furan rings is 1. The Labute approximate surface area is 120 Å². The summed E-state index contributed by atoms with van der Waals surface area (Å²) in [6.45, 7) is 3.01. The van der Waals surface area contributed by atoms with Gasteiger partial charge in [-0.05, 0) is 58.0 Å². The molecule has 1 saturated heterocycles. The molecule has 2 heterocycles. The van der Waals surface area contributed by atoms with Gasteiger partial charge in [-0.3, -0.25) is 4.79 Å². The summed E-state index contributed by atoms with van der Waals surface area (Å²) < 4.78 is 5.41. The van der Waals surface area contributed by atoms with Crippen LogP contribution in [0.15, 0.2) is 22.8 Å². The maximum Gasteiger partial charge on any atom is 0.226 e. The van der Waals surface area contributed by atoms with E-state index in [9.17, 15) is 4.79 Å². The fourth-order valence-electron chi connectivity index (χ4n) is 3.23. The Kier molecular flexibility index (Phi) is 3.83. The smallest absolute Gasteiger partial charge is 0.226 e. The number of likely N-dealkylation sites (tertiary alicyclic amines) is 1. The highest BCUT2D eigenvalue weighted by Crippen LogP contribution is 2.49. The minimum Gasteiger partial charge on any atom is -0.469 e. The van der Waals surface area contributed by atoms with Crippen molar-refractivity contribution in [3.8, 4) is 0 Å². The Balaban J connectivity index is 1.48. The summed E-state index contributed by atoms with van der Waals surface area (Å²) in [5.41, 5.74) is 0. The summed E-state index contributed by atoms with van der Waals surface area (Å²) in [5.74, 6) is 2.51. The minimum absolute atomic E-state index is 0.175. The van der Waals surface area contributed by atoms with E-state index in [1.807, 2.05) is 12.1 Å². The van der Waals surface area contributed by atoms with Crippen LogP contribution in [0, 0.1) is 11.8 Å². The van der Waals surface area contributed by atoms with Gasteiger partial charge in [0.25, 0.3) is 0 Å². The van der Waals surface area contributed by atoms with Crippen LogP contribution in [0.3, 0.4) is 0 Å². The second-order valence-electron chi connectivity index (χ2n) is 6.50. The third kappa shape index (κ3) is 2.90. The van der Waals surface area contributed by atoms with E-state index in [0.29, 0.717) is 17.7 Å². The highest BCUT2D eigenvalue weighted by atomic mass is 16.3. The van der Waals surface area contributed by atoms with Crippen LogP contribution in [-0.2, 0) is 4.79 Å². The predicted octanol–water partition coefficient (Wildman–Crippen LogP) is 2.18. The first-order valence-electron chi connectivity index (χ1n) is 7.62. The van der Waals surface area contributed by atoms with Crippen molar-refractivity contribution >= 4 is 5.91 Å². The quantitative estimate of drug-likeness (QED) is 0.827. The van der Waals surface area contributed by atoms with Crippen molar-refractivity contribution in [3.63, 3.8) is 0 Å². The zero-order valence-corrected chi connectivity index (χ0v) is 12.4. The van der Waals surface area contributed by atoms with E-state index in [-0.39, 0.29) is 5.92 Å². The number of nitrogens with zero attached hydrogens (tertiary/aromatic N) is 2. The molecule has 1 saturated carbocycles. The van der Waals surface area contributed by atoms with Crippen molar-refractivity contribution in [1.82, 2.24) is 9.80 Å². The molecule has 0 aromatic carbocycles. The number of amides is 1. The van der Waals surface area contributed by atoms with Gasteiger partial charge < -0.3 is 14.2 Å². The van der Waals surface area contributed by atoms with Crippen molar-refractivity contribution in [1.29, 1.82) is 0 Å². The van der Waals surface area contributed by atoms with Gasteiger partial charge in [-0.15, -0.1) is 0 Å². The van der Waals surface area contributed by atoms with Crippen LogP contribution in [0.25, 0.3) is 0 Å². The van der Waals surface area contributed by atoms with Gasteiger partial charge in [0.2, 0.25) is 5.91 Å². The summed E-state index contributed by atoms with van der Waals surface area (Å²) in [6, 6.07) is 3.89. The standard InChI is InChI=1S/C16H24N2O2/c1-17(2)7-5-12-6-8-18(11-12)16(19)14-10-13(14)15-4-3-9-20-15/h3-4,9,12-14H,5-8,10-11H2,1-2H3/t12?,13-,14-/m1/s1. The molecule has 20 heavy (non-hydrogen) atoms. The molecule has 1 aliphatic heterocycles. The van der Waals surface area contributed by atoms with Gasteiger partial charge in [0.05, 0.1) is 6.26 Å². The van der Waals surface area contributed by atoms with Gasteiger partial charge in [-0.2, -0.15) is 0 Å². The molecule has 1 aromatic rings. The number of hydrogen-bond donors (Lipinski definition) is 0. The number of hydrogen-bond acceptors (Lipinski definition) is 3. The largest absolute Gasteiger partial charge is 0.469 e. The van der Waals surface area contributed by atoms with Gasteiger partial charge in [-0.25, -0.2) is 0 Å². The molecule has 1 unspecified atom stereocenters. The van der Waals surface area contributed by atoms with E-state index < -0.39 is 0 Å². The molecule has 110 valence electrons. The second-order valence-corrected chi connectivity index (χ2v) is 6.50. The molecule has 0 bridgehead atoms. The topological polar surface area (TPSA) is 36.7 Å². The molecule has 1 amide bonds. The van der Waals surface area contributed by atoms with E-state index in [1.165, 1.54) is 6.42 Å². The number of rotatable bonds is 5. The van der Waals surface area contributed by atoms with Gasteiger partial charge in [0.15, 0.2) is 0 Å². The number of carbonyl (C=O) groups excluding carboxylic acids is 1. The molecule has 3 atom stereocenters. The van der Waals surface area contributed by atoms with Crippen LogP contribution in [-0.4, -0.2) is 49.4 Å². The molecule has 3 rings (SSSR count). The second kappa shape index (κ2) is 5.60. The molecule has 0 spiro atoms. The lowest BCUT2D eigenvalue weighted by Crippen LogP contribution is -2.30. The lowest BCUT2D eigenvalue weighted by atomic mass is 10.1. The minimum atomic E-state index is 0.175. The van der Waals surface area contributed by atoms with E-state index in [2.05, 4.69) is 23.9 Å². The molecule has 4 nitrogen and oxygen atoms in total. The maximum absolute atomic E-state index is 12.5. The zero-order chi connectivity index (χ0) is 14.1. The molecule has 2 aliphatic rings. The van der Waals surface area contributed by atoms with Crippen molar-refractivity contribution in [2.75, 3.05) is 33.7 Å². The molecular weight excluding hydrogens is 252 g/mol. The first-order valence-corrected chi connectivity index (χ1v) is 7.62. The first-order chi connectivity index (χ1) is 9.65. The van der Waals surface area contributed by atoms with Crippen LogP contribution in [0.2, 0.25) is 0 Å². The Hall–Kier alpha value is -1.29. The van der Waals surface area contributed by atoms with Crippen LogP contribution in [0.1, 0.15) is 30.9 Å². The maximum atomic E-state index is 12.5. The lowest BCUT2D eigenvalue weighted by Gasteiger charge is -2.17. The zero-order valence-electron chi connectivity index (χ0n) is 12.4. The Bertz CT molecular complexity index is 455. The number of carbonyl (C=O) groups is 1. The van der Waals surface area contributed by atoms with E-state index in [4.69, 9.17) is 4.42 Å². The Morgan fingerprint density at radius 2 is 2.35 bits per heavy atom. The fourth-order valence-corrected chi connectivity index (χ4v) is 3.23. The van der Waals surface area contributed by atoms with Crippen molar-refractivity contribution in [2.45, 2.75) is 25.2 Å². The molecule has 4 heteroatoms. The van der Waals surface area contributed by atoms with Crippen molar-refractivity contribution in [2.24, 2.45) is 11.8 Å². The van der Waals surface area contributed by atoms with Gasteiger partial charge >= 0.3 is 0 Å². The van der Waals surface area contributed by atoms with E-state index in [1.54, 1.807) is 6.26 Å². The third-order valence-electron chi connectivity index (χ3n) is 4.60. The van der Waals surface area contributed by atoms with E-state index >= 15 is 0 Å². The van der Waals surface area contributed by atoms with Crippen LogP contribution in [0.5, 0.6) is 0 Å². The first kappa shape index (κ1) is 13.7. The summed E-state index contributed by atoms with van der Waals surface area (Å²) in [5, 5.41) is 0. The van der Waals surface area contributed by atoms with E-state index in [0.717, 1.165) is 38.2 Å². The summed E-state index contributed by atoms with van der Waals surface area (Å²) in [7, 11) is 4.21. The van der Waals surface area contributed by atoms with Gasteiger partial charge in [-0.1, -0.05) is 0 Å². The highest BCUT2D eigenvalue weighted by Gasteiger charge is 2.48. The average molecular weight is 276 g/mol. The highest BCUT2D eigenvalue weighted by molar-refractivity contribution is 5.83. The van der Waals surface area contributed by atoms with Crippen LogP contribution < -0.4 is 0 Å². The normalized spacial score (nSPS) is 29.1. The SMILES string of the molecule is CN(C)CCC1CCN(C(=O)[C@@H]2C[C@H]2c2ccco2)C1. The molecular formula is C16H24N2O2. The molecule has 1 aromatic heterocycles. The van der Waals surface area contributed by atoms with Gasteiger partial charge in [0.1, 0.15) is 5.76 Å². The Morgan fingerprint density at radius 3 is 3.05 bits per heavy atom. The molecule has 2 fully saturated rings. The molecule has 1 aliphatic carbocycles. The third-order valence-corrected chi connectivity index (χ3v) is 4.60. The van der Waals surface area contributed by atoms with Crippen molar-refractivity contribution < 1.29 is 9.21 Å². The lowest BCUT2D eigenvalue weighted by molar-refractivity contribution is -0.131. The van der Waals surface area contributed by atoms with Crippen LogP contribution >= 0.6 is 0 Å². The van der Waals surface area contributed by atoms with Crippen LogP contribution in [0.4, 0.5) is 0 Å². The molecule has 0 N–H and O–H groups in total. The van der Waals surface area contributed by atoms with Gasteiger partial charge in [0, 0.05) is 24.9 Å². The summed E-state index contributed by atoms with van der Waals surface area (Å²) in [6.07, 6.45) is 5.02. The fraction of sp³-hybridized carbons (Fsp3) is 0.688. The Morgan fingerprint density at radius 1 is 1.50 bits per heavy atom. The average Bonchev–Trinajstić information content (AvgIpc) is 2.88.